The molecule has 26 heavy (non-hydrogen) atoms. The number of hydrogen-bond donors (Lipinski definition) is 0. The molecule has 6 nitrogen and oxygen atoms in total. The molecular formula is C19H19BrN2O4. The molecule has 1 heterocycles. The Morgan fingerprint density at radius 3 is 2.85 bits per heavy atom. The van der Waals surface area contributed by atoms with Gasteiger partial charge in [-0.2, -0.15) is 0 Å². The summed E-state index contributed by atoms with van der Waals surface area (Å²) < 4.78 is 11.7. The van der Waals surface area contributed by atoms with Crippen molar-refractivity contribution >= 4 is 33.4 Å². The van der Waals surface area contributed by atoms with Crippen molar-refractivity contribution in [1.82, 2.24) is 4.90 Å². The Hall–Kier alpha value is -2.54. The van der Waals surface area contributed by atoms with Crippen LogP contribution in [0.1, 0.15) is 5.56 Å². The summed E-state index contributed by atoms with van der Waals surface area (Å²) in [4.78, 5) is 28.0. The summed E-state index contributed by atoms with van der Waals surface area (Å²) in [5, 5.41) is 0. The second-order valence-electron chi connectivity index (χ2n) is 5.94. The molecule has 0 spiro atoms. The molecule has 0 saturated carbocycles. The zero-order chi connectivity index (χ0) is 18.7. The lowest BCUT2D eigenvalue weighted by atomic mass is 10.2. The van der Waals surface area contributed by atoms with E-state index in [1.807, 2.05) is 30.3 Å². The van der Waals surface area contributed by atoms with Gasteiger partial charge in [0.05, 0.1) is 12.8 Å². The Balaban J connectivity index is 1.74. The molecule has 0 N–H and O–H groups in total. The number of rotatable bonds is 5. The number of nitrogens with zero attached hydrogens (tertiary/aromatic N) is 2. The monoisotopic (exact) mass is 418 g/mol. The van der Waals surface area contributed by atoms with Crippen molar-refractivity contribution in [3.63, 3.8) is 0 Å². The topological polar surface area (TPSA) is 59.1 Å². The van der Waals surface area contributed by atoms with Crippen LogP contribution in [-0.4, -0.2) is 44.0 Å². The Morgan fingerprint density at radius 1 is 1.31 bits per heavy atom. The Labute approximate surface area is 160 Å². The van der Waals surface area contributed by atoms with Crippen LogP contribution < -0.4 is 14.4 Å². The molecular weight excluding hydrogens is 400 g/mol. The van der Waals surface area contributed by atoms with E-state index in [9.17, 15) is 9.59 Å². The van der Waals surface area contributed by atoms with Crippen molar-refractivity contribution < 1.29 is 19.1 Å². The van der Waals surface area contributed by atoms with E-state index in [4.69, 9.17) is 9.47 Å². The van der Waals surface area contributed by atoms with E-state index in [1.165, 1.54) is 4.90 Å². The average Bonchev–Trinajstić information content (AvgIpc) is 2.64. The minimum Gasteiger partial charge on any atom is -0.496 e. The predicted molar refractivity (Wildman–Crippen MR) is 101 cm³/mol. The Kier molecular flexibility index (Phi) is 5.46. The van der Waals surface area contributed by atoms with Crippen molar-refractivity contribution in [2.24, 2.45) is 0 Å². The highest BCUT2D eigenvalue weighted by Crippen LogP contribution is 2.31. The van der Waals surface area contributed by atoms with Gasteiger partial charge in [-0.25, -0.2) is 0 Å². The highest BCUT2D eigenvalue weighted by Gasteiger charge is 2.28. The van der Waals surface area contributed by atoms with Crippen molar-refractivity contribution in [1.29, 1.82) is 0 Å². The van der Waals surface area contributed by atoms with Gasteiger partial charge in [-0.1, -0.05) is 28.1 Å². The quantitative estimate of drug-likeness (QED) is 0.748. The number of halogens is 1. The fourth-order valence-corrected chi connectivity index (χ4v) is 3.21. The fraction of sp³-hybridized carbons (Fsp3) is 0.263. The number of carbonyl (C=O) groups is 2. The minimum atomic E-state index is -0.231. The molecule has 0 aromatic heterocycles. The molecule has 0 saturated heterocycles. The van der Waals surface area contributed by atoms with E-state index in [0.29, 0.717) is 23.7 Å². The molecule has 0 aliphatic carbocycles. The van der Waals surface area contributed by atoms with Crippen LogP contribution in [0.25, 0.3) is 0 Å². The number of likely N-dealkylation sites (N-methyl/N-ethyl adjacent to an activating group) is 1. The summed E-state index contributed by atoms with van der Waals surface area (Å²) in [6.07, 6.45) is 0. The summed E-state index contributed by atoms with van der Waals surface area (Å²) in [6.45, 7) is 0.279. The van der Waals surface area contributed by atoms with Crippen molar-refractivity contribution in [2.75, 3.05) is 32.2 Å². The van der Waals surface area contributed by atoms with E-state index >= 15 is 0 Å². The number of anilines is 1. The smallest absolute Gasteiger partial charge is 0.265 e. The van der Waals surface area contributed by atoms with E-state index in [1.54, 1.807) is 31.2 Å². The lowest BCUT2D eigenvalue weighted by molar-refractivity contribution is -0.131. The summed E-state index contributed by atoms with van der Waals surface area (Å²) in [5.41, 5.74) is 1.50. The van der Waals surface area contributed by atoms with Gasteiger partial charge in [-0.3, -0.25) is 14.5 Å². The molecule has 2 aromatic rings. The predicted octanol–water partition coefficient (Wildman–Crippen LogP) is 2.84. The SMILES string of the molecule is COc1ccc(Br)cc1CN(C)C(=O)CN1C(=O)COc2ccccc21. The maximum atomic E-state index is 12.7. The first kappa shape index (κ1) is 18.3. The van der Waals surface area contributed by atoms with Crippen LogP contribution in [0.4, 0.5) is 5.69 Å². The van der Waals surface area contributed by atoms with Crippen LogP contribution in [0.2, 0.25) is 0 Å². The molecule has 2 aromatic carbocycles. The van der Waals surface area contributed by atoms with E-state index in [2.05, 4.69) is 15.9 Å². The molecule has 0 radical (unpaired) electrons. The van der Waals surface area contributed by atoms with Crippen LogP contribution in [0, 0.1) is 0 Å². The third-order valence-electron chi connectivity index (χ3n) is 4.18. The summed E-state index contributed by atoms with van der Waals surface area (Å²) in [5.74, 6) is 0.916. The highest BCUT2D eigenvalue weighted by atomic mass is 79.9. The zero-order valence-electron chi connectivity index (χ0n) is 14.6. The van der Waals surface area contributed by atoms with Crippen LogP contribution >= 0.6 is 15.9 Å². The molecule has 1 aliphatic heterocycles. The Morgan fingerprint density at radius 2 is 2.08 bits per heavy atom. The number of para-hydroxylation sites is 2. The number of ether oxygens (including phenoxy) is 2. The standard InChI is InChI=1S/C19H19BrN2O4/c1-21(10-13-9-14(20)7-8-16(13)25-2)18(23)11-22-15-5-3-4-6-17(15)26-12-19(22)24/h3-9H,10-12H2,1-2H3. The number of carbonyl (C=O) groups excluding carboxylic acids is 2. The lowest BCUT2D eigenvalue weighted by Crippen LogP contribution is -2.45. The maximum absolute atomic E-state index is 12.7. The second-order valence-corrected chi connectivity index (χ2v) is 6.86. The largest absolute Gasteiger partial charge is 0.496 e. The van der Waals surface area contributed by atoms with Gasteiger partial charge in [-0.05, 0) is 30.3 Å². The molecule has 7 heteroatoms. The number of fused-ring (bicyclic) bond motifs is 1. The molecule has 1 aliphatic rings. The first-order valence-electron chi connectivity index (χ1n) is 8.08. The first-order valence-corrected chi connectivity index (χ1v) is 8.87. The molecule has 3 rings (SSSR count). The number of amides is 2. The summed E-state index contributed by atoms with van der Waals surface area (Å²) in [7, 11) is 3.30. The van der Waals surface area contributed by atoms with Gasteiger partial charge < -0.3 is 14.4 Å². The van der Waals surface area contributed by atoms with Gasteiger partial charge >= 0.3 is 0 Å². The van der Waals surface area contributed by atoms with E-state index in [-0.39, 0.29) is 25.0 Å². The Bertz CT molecular complexity index is 840. The van der Waals surface area contributed by atoms with E-state index < -0.39 is 0 Å². The first-order chi connectivity index (χ1) is 12.5. The number of benzene rings is 2. The zero-order valence-corrected chi connectivity index (χ0v) is 16.2. The number of methoxy groups -OCH3 is 1. The van der Waals surface area contributed by atoms with Gasteiger partial charge in [0.15, 0.2) is 6.61 Å². The number of hydrogen-bond acceptors (Lipinski definition) is 4. The van der Waals surface area contributed by atoms with Crippen LogP contribution in [0.3, 0.4) is 0 Å². The highest BCUT2D eigenvalue weighted by molar-refractivity contribution is 9.10. The fourth-order valence-electron chi connectivity index (χ4n) is 2.80. The van der Waals surface area contributed by atoms with E-state index in [0.717, 1.165) is 10.0 Å². The minimum absolute atomic E-state index is 0.0357. The third kappa shape index (κ3) is 3.83. The van der Waals surface area contributed by atoms with Crippen LogP contribution in [0.5, 0.6) is 11.5 Å². The van der Waals surface area contributed by atoms with Gasteiger partial charge in [0.1, 0.15) is 18.0 Å². The maximum Gasteiger partial charge on any atom is 0.265 e. The summed E-state index contributed by atoms with van der Waals surface area (Å²) >= 11 is 3.43. The van der Waals surface area contributed by atoms with Gasteiger partial charge in [-0.15, -0.1) is 0 Å². The lowest BCUT2D eigenvalue weighted by Gasteiger charge is -2.30. The molecule has 136 valence electrons. The normalized spacial score (nSPS) is 13.0. The average molecular weight is 419 g/mol. The third-order valence-corrected chi connectivity index (χ3v) is 4.67. The molecule has 2 amide bonds. The van der Waals surface area contributed by atoms with Crippen LogP contribution in [0.15, 0.2) is 46.9 Å². The van der Waals surface area contributed by atoms with Crippen LogP contribution in [-0.2, 0) is 16.1 Å². The van der Waals surface area contributed by atoms with Gasteiger partial charge in [0, 0.05) is 23.6 Å². The van der Waals surface area contributed by atoms with Crippen molar-refractivity contribution in [3.8, 4) is 11.5 Å². The van der Waals surface area contributed by atoms with Crippen molar-refractivity contribution in [2.45, 2.75) is 6.54 Å². The van der Waals surface area contributed by atoms with Gasteiger partial charge in [0.25, 0.3) is 5.91 Å². The summed E-state index contributed by atoms with van der Waals surface area (Å²) in [6, 6.07) is 12.9. The second kappa shape index (κ2) is 7.78. The molecule has 0 fully saturated rings. The molecule has 0 unspecified atom stereocenters. The van der Waals surface area contributed by atoms with Gasteiger partial charge in [0.2, 0.25) is 5.91 Å². The molecule has 0 bridgehead atoms. The molecule has 0 atom stereocenters. The van der Waals surface area contributed by atoms with Crippen molar-refractivity contribution in [3.05, 3.63) is 52.5 Å².